The summed E-state index contributed by atoms with van der Waals surface area (Å²) in [5, 5.41) is 0. The van der Waals surface area contributed by atoms with Gasteiger partial charge in [0.05, 0.1) is 12.2 Å². The van der Waals surface area contributed by atoms with Gasteiger partial charge in [0.1, 0.15) is 11.5 Å². The summed E-state index contributed by atoms with van der Waals surface area (Å²) in [6.07, 6.45) is 3.84. The van der Waals surface area contributed by atoms with E-state index in [0.717, 1.165) is 24.7 Å². The van der Waals surface area contributed by atoms with Gasteiger partial charge in [-0.2, -0.15) is 0 Å². The molecule has 1 aliphatic carbocycles. The molecular formula is C13H14O3. The molecule has 0 saturated heterocycles. The first kappa shape index (κ1) is 9.70. The van der Waals surface area contributed by atoms with E-state index in [9.17, 15) is 4.79 Å². The zero-order valence-corrected chi connectivity index (χ0v) is 9.07. The van der Waals surface area contributed by atoms with Gasteiger partial charge < -0.3 is 9.47 Å². The molecule has 0 bridgehead atoms. The highest BCUT2D eigenvalue weighted by Gasteiger charge is 2.22. The summed E-state index contributed by atoms with van der Waals surface area (Å²) in [6.45, 7) is 0.929. The predicted octanol–water partition coefficient (Wildman–Crippen LogP) is 2.44. The molecule has 0 radical (unpaired) electrons. The molecule has 1 fully saturated rings. The summed E-state index contributed by atoms with van der Waals surface area (Å²) in [6, 6.07) is 5.45. The lowest BCUT2D eigenvalue weighted by atomic mass is 10.1. The Balaban J connectivity index is 1.64. The van der Waals surface area contributed by atoms with E-state index < -0.39 is 0 Å². The lowest BCUT2D eigenvalue weighted by molar-refractivity contribution is 0.0961. The number of hydrogen-bond donors (Lipinski definition) is 0. The van der Waals surface area contributed by atoms with E-state index in [4.69, 9.17) is 9.47 Å². The minimum absolute atomic E-state index is 0.0551. The highest BCUT2D eigenvalue weighted by Crippen LogP contribution is 2.33. The van der Waals surface area contributed by atoms with Crippen molar-refractivity contribution in [3.8, 4) is 11.5 Å². The fourth-order valence-corrected chi connectivity index (χ4v) is 1.91. The molecule has 1 aliphatic heterocycles. The number of ether oxygens (including phenoxy) is 2. The first-order valence-electron chi connectivity index (χ1n) is 5.76. The second-order valence-electron chi connectivity index (χ2n) is 4.45. The molecule has 0 spiro atoms. The Bertz CT molecular complexity index is 421. The maximum atomic E-state index is 11.3. The van der Waals surface area contributed by atoms with Crippen molar-refractivity contribution in [1.29, 1.82) is 0 Å². The molecule has 0 amide bonds. The van der Waals surface area contributed by atoms with Gasteiger partial charge in [-0.05, 0) is 24.5 Å². The van der Waals surface area contributed by atoms with Gasteiger partial charge in [0.25, 0.3) is 0 Å². The maximum absolute atomic E-state index is 11.3. The number of fused-ring (bicyclic) bond motifs is 1. The van der Waals surface area contributed by atoms with E-state index in [-0.39, 0.29) is 12.4 Å². The van der Waals surface area contributed by atoms with Crippen molar-refractivity contribution in [3.63, 3.8) is 0 Å². The summed E-state index contributed by atoms with van der Waals surface area (Å²) in [7, 11) is 0. The second kappa shape index (κ2) is 3.81. The van der Waals surface area contributed by atoms with E-state index in [0.29, 0.717) is 11.3 Å². The van der Waals surface area contributed by atoms with Crippen molar-refractivity contribution in [2.45, 2.75) is 19.3 Å². The lowest BCUT2D eigenvalue weighted by Gasteiger charge is -2.06. The number of carbonyl (C=O) groups is 1. The molecule has 0 aromatic heterocycles. The molecule has 0 unspecified atom stereocenters. The molecule has 1 saturated carbocycles. The molecule has 2 aliphatic rings. The van der Waals surface area contributed by atoms with Gasteiger partial charge in [0, 0.05) is 6.07 Å². The minimum Gasteiger partial charge on any atom is -0.493 e. The minimum atomic E-state index is 0.0551. The highest BCUT2D eigenvalue weighted by molar-refractivity contribution is 6.02. The van der Waals surface area contributed by atoms with Crippen LogP contribution in [0, 0.1) is 5.92 Å². The van der Waals surface area contributed by atoms with Crippen molar-refractivity contribution in [3.05, 3.63) is 23.8 Å². The Kier molecular flexibility index (Phi) is 2.31. The number of carbonyl (C=O) groups excluding carboxylic acids is 1. The summed E-state index contributed by atoms with van der Waals surface area (Å²) >= 11 is 0. The predicted molar refractivity (Wildman–Crippen MR) is 59.1 cm³/mol. The Morgan fingerprint density at radius 1 is 1.38 bits per heavy atom. The molecule has 3 nitrogen and oxygen atoms in total. The Labute approximate surface area is 94.4 Å². The zero-order valence-electron chi connectivity index (χ0n) is 9.07. The average molecular weight is 218 g/mol. The quantitative estimate of drug-likeness (QED) is 0.778. The third-order valence-corrected chi connectivity index (χ3v) is 3.10. The lowest BCUT2D eigenvalue weighted by Crippen LogP contribution is -1.99. The van der Waals surface area contributed by atoms with Crippen LogP contribution in [0.5, 0.6) is 11.5 Å². The van der Waals surface area contributed by atoms with Crippen LogP contribution < -0.4 is 9.47 Å². The van der Waals surface area contributed by atoms with Gasteiger partial charge in [-0.1, -0.05) is 12.8 Å². The van der Waals surface area contributed by atoms with Crippen molar-refractivity contribution < 1.29 is 14.3 Å². The number of hydrogen-bond acceptors (Lipinski definition) is 3. The van der Waals surface area contributed by atoms with Crippen LogP contribution in [0.1, 0.15) is 29.6 Å². The maximum Gasteiger partial charge on any atom is 0.203 e. The molecule has 1 aromatic carbocycles. The van der Waals surface area contributed by atoms with E-state index in [1.54, 1.807) is 6.07 Å². The van der Waals surface area contributed by atoms with Crippen LogP contribution in [0.3, 0.4) is 0 Å². The molecule has 0 N–H and O–H groups in total. The molecule has 1 aromatic rings. The van der Waals surface area contributed by atoms with Crippen molar-refractivity contribution in [2.24, 2.45) is 5.92 Å². The summed E-state index contributed by atoms with van der Waals surface area (Å²) in [5.41, 5.74) is 0.676. The third kappa shape index (κ3) is 1.90. The zero-order chi connectivity index (χ0) is 11.0. The van der Waals surface area contributed by atoms with Crippen LogP contribution in [0.25, 0.3) is 0 Å². The van der Waals surface area contributed by atoms with Gasteiger partial charge in [0.15, 0.2) is 6.61 Å². The molecule has 3 rings (SSSR count). The van der Waals surface area contributed by atoms with Crippen molar-refractivity contribution in [2.75, 3.05) is 13.2 Å². The van der Waals surface area contributed by atoms with Gasteiger partial charge in [-0.25, -0.2) is 0 Å². The molecule has 0 atom stereocenters. The SMILES string of the molecule is O=C1COc2cc(OCCC3CC3)ccc21. The molecule has 3 heteroatoms. The van der Waals surface area contributed by atoms with Crippen LogP contribution in [0.15, 0.2) is 18.2 Å². The highest BCUT2D eigenvalue weighted by atomic mass is 16.5. The van der Waals surface area contributed by atoms with Crippen LogP contribution in [0.4, 0.5) is 0 Å². The van der Waals surface area contributed by atoms with E-state index in [1.165, 1.54) is 12.8 Å². The normalized spacial score (nSPS) is 18.1. The van der Waals surface area contributed by atoms with Crippen LogP contribution in [0.2, 0.25) is 0 Å². The van der Waals surface area contributed by atoms with Gasteiger partial charge in [-0.15, -0.1) is 0 Å². The fourth-order valence-electron chi connectivity index (χ4n) is 1.91. The Hall–Kier alpha value is -1.51. The number of Topliss-reactive ketones (excluding diaryl/α,β-unsaturated/α-hetero) is 1. The molecular weight excluding hydrogens is 204 g/mol. The molecule has 16 heavy (non-hydrogen) atoms. The number of benzene rings is 1. The summed E-state index contributed by atoms with van der Waals surface area (Å²) in [4.78, 5) is 11.3. The standard InChI is InChI=1S/C13H14O3/c14-12-8-16-13-7-10(3-4-11(12)13)15-6-5-9-1-2-9/h3-4,7,9H,1-2,5-6,8H2. The van der Waals surface area contributed by atoms with Crippen molar-refractivity contribution in [1.82, 2.24) is 0 Å². The molecule has 84 valence electrons. The van der Waals surface area contributed by atoms with Crippen LogP contribution in [-0.4, -0.2) is 19.0 Å². The van der Waals surface area contributed by atoms with Gasteiger partial charge >= 0.3 is 0 Å². The number of ketones is 1. The monoisotopic (exact) mass is 218 g/mol. The van der Waals surface area contributed by atoms with Gasteiger partial charge in [0.2, 0.25) is 5.78 Å². The van der Waals surface area contributed by atoms with Crippen LogP contribution in [-0.2, 0) is 0 Å². The third-order valence-electron chi connectivity index (χ3n) is 3.10. The topological polar surface area (TPSA) is 35.5 Å². The van der Waals surface area contributed by atoms with Gasteiger partial charge in [-0.3, -0.25) is 4.79 Å². The number of rotatable bonds is 4. The molecule has 1 heterocycles. The van der Waals surface area contributed by atoms with E-state index in [1.807, 2.05) is 12.1 Å². The first-order valence-corrected chi connectivity index (χ1v) is 5.76. The van der Waals surface area contributed by atoms with Crippen molar-refractivity contribution >= 4 is 5.78 Å². The fraction of sp³-hybridized carbons (Fsp3) is 0.462. The summed E-state index contributed by atoms with van der Waals surface area (Å²) in [5.74, 6) is 2.40. The van der Waals surface area contributed by atoms with E-state index >= 15 is 0 Å². The van der Waals surface area contributed by atoms with E-state index in [2.05, 4.69) is 0 Å². The van der Waals surface area contributed by atoms with Crippen LogP contribution >= 0.6 is 0 Å². The smallest absolute Gasteiger partial charge is 0.203 e. The Morgan fingerprint density at radius 3 is 3.06 bits per heavy atom. The first-order chi connectivity index (χ1) is 7.83. The summed E-state index contributed by atoms with van der Waals surface area (Å²) < 4.78 is 10.9. The Morgan fingerprint density at radius 2 is 2.25 bits per heavy atom. The largest absolute Gasteiger partial charge is 0.493 e. The second-order valence-corrected chi connectivity index (χ2v) is 4.45. The average Bonchev–Trinajstić information content (AvgIpc) is 3.04.